The van der Waals surface area contributed by atoms with E-state index in [1.807, 2.05) is 19.9 Å². The first kappa shape index (κ1) is 23.5. The molecule has 0 saturated carbocycles. The molecule has 0 unspecified atom stereocenters. The Kier molecular flexibility index (Phi) is 8.81. The molecule has 4 nitrogen and oxygen atoms in total. The smallest absolute Gasteiger partial charge is 0.242 e. The highest BCUT2D eigenvalue weighted by Gasteiger charge is 2.27. The highest BCUT2D eigenvalue weighted by molar-refractivity contribution is 6.35. The third-order valence-corrected chi connectivity index (χ3v) is 5.59. The maximum absolute atomic E-state index is 13.1. The van der Waals surface area contributed by atoms with Crippen molar-refractivity contribution < 1.29 is 9.59 Å². The van der Waals surface area contributed by atoms with Gasteiger partial charge in [-0.1, -0.05) is 59.9 Å². The van der Waals surface area contributed by atoms with Crippen LogP contribution in [-0.2, 0) is 22.6 Å². The van der Waals surface area contributed by atoms with E-state index in [0.717, 1.165) is 17.5 Å². The molecule has 0 fully saturated rings. The number of carbonyl (C=O) groups excluding carboxylic acids is 2. The van der Waals surface area contributed by atoms with Crippen molar-refractivity contribution in [2.75, 3.05) is 0 Å². The Morgan fingerprint density at radius 3 is 2.34 bits per heavy atom. The van der Waals surface area contributed by atoms with Crippen LogP contribution in [-0.4, -0.2) is 28.8 Å². The predicted molar refractivity (Wildman–Crippen MR) is 120 cm³/mol. The normalized spacial score (nSPS) is 12.9. The van der Waals surface area contributed by atoms with Crippen molar-refractivity contribution in [2.45, 2.75) is 52.2 Å². The molecule has 2 aromatic carbocycles. The van der Waals surface area contributed by atoms with Gasteiger partial charge < -0.3 is 10.2 Å². The first-order valence-corrected chi connectivity index (χ1v) is 10.6. The largest absolute Gasteiger partial charge is 0.352 e. The number of nitrogens with zero attached hydrogens (tertiary/aromatic N) is 1. The average Bonchev–Trinajstić information content (AvgIpc) is 2.66. The van der Waals surface area contributed by atoms with E-state index in [-0.39, 0.29) is 30.8 Å². The molecule has 2 amide bonds. The van der Waals surface area contributed by atoms with Crippen LogP contribution in [0.2, 0.25) is 15.1 Å². The summed E-state index contributed by atoms with van der Waals surface area (Å²) in [6, 6.07) is 11.6. The number of halogens is 3. The Morgan fingerprint density at radius 2 is 1.72 bits per heavy atom. The number of rotatable bonds is 8. The van der Waals surface area contributed by atoms with Crippen LogP contribution >= 0.6 is 34.8 Å². The molecule has 2 rings (SSSR count). The quantitative estimate of drug-likeness (QED) is 0.569. The lowest BCUT2D eigenvalue weighted by Crippen LogP contribution is -2.49. The summed E-state index contributed by atoms with van der Waals surface area (Å²) in [5.41, 5.74) is 1.50. The van der Waals surface area contributed by atoms with Crippen LogP contribution in [0.1, 0.15) is 38.3 Å². The highest BCUT2D eigenvalue weighted by Crippen LogP contribution is 2.24. The van der Waals surface area contributed by atoms with Crippen LogP contribution in [0.25, 0.3) is 0 Å². The van der Waals surface area contributed by atoms with Crippen molar-refractivity contribution in [1.82, 2.24) is 10.2 Å². The standard InChI is InChI=1S/C22H25Cl3N2O2/c1-4-14(2)26-22(29)15(3)27(13-17-8-9-19(24)12-20(17)25)21(28)11-16-6-5-7-18(23)10-16/h5-10,12,14-15H,4,11,13H2,1-3H3,(H,26,29)/t14-,15-/m1/s1. The SMILES string of the molecule is CC[C@@H](C)NC(=O)[C@@H](C)N(Cc1ccc(Cl)cc1Cl)C(=O)Cc1cccc(Cl)c1. The summed E-state index contributed by atoms with van der Waals surface area (Å²) in [6.45, 7) is 5.84. The van der Waals surface area contributed by atoms with E-state index in [1.165, 1.54) is 4.90 Å². The Hall–Kier alpha value is -1.75. The summed E-state index contributed by atoms with van der Waals surface area (Å²) in [4.78, 5) is 27.4. The Bertz CT molecular complexity index is 873. The zero-order valence-electron chi connectivity index (χ0n) is 16.7. The number of hydrogen-bond donors (Lipinski definition) is 1. The number of carbonyl (C=O) groups is 2. The topological polar surface area (TPSA) is 49.4 Å². The fourth-order valence-corrected chi connectivity index (χ4v) is 3.49. The summed E-state index contributed by atoms with van der Waals surface area (Å²) in [5, 5.41) is 4.46. The molecule has 0 spiro atoms. The molecule has 0 aromatic heterocycles. The second-order valence-corrected chi connectivity index (χ2v) is 8.34. The summed E-state index contributed by atoms with van der Waals surface area (Å²) in [7, 11) is 0. The summed E-state index contributed by atoms with van der Waals surface area (Å²) < 4.78 is 0. The van der Waals surface area contributed by atoms with Crippen molar-refractivity contribution in [3.8, 4) is 0 Å². The van der Waals surface area contributed by atoms with Gasteiger partial charge in [-0.15, -0.1) is 0 Å². The average molecular weight is 456 g/mol. The van der Waals surface area contributed by atoms with Gasteiger partial charge in [-0.2, -0.15) is 0 Å². The second-order valence-electron chi connectivity index (χ2n) is 7.06. The van der Waals surface area contributed by atoms with Crippen LogP contribution in [0.5, 0.6) is 0 Å². The second kappa shape index (κ2) is 10.9. The van der Waals surface area contributed by atoms with E-state index in [9.17, 15) is 9.59 Å². The molecule has 0 aliphatic heterocycles. The maximum atomic E-state index is 13.1. The minimum Gasteiger partial charge on any atom is -0.352 e. The van der Waals surface area contributed by atoms with Gasteiger partial charge in [0.25, 0.3) is 0 Å². The first-order chi connectivity index (χ1) is 13.7. The third kappa shape index (κ3) is 6.91. The molecular formula is C22H25Cl3N2O2. The van der Waals surface area contributed by atoms with Crippen molar-refractivity contribution >= 4 is 46.6 Å². The highest BCUT2D eigenvalue weighted by atomic mass is 35.5. The van der Waals surface area contributed by atoms with Gasteiger partial charge in [-0.25, -0.2) is 0 Å². The summed E-state index contributed by atoms with van der Waals surface area (Å²) in [5.74, 6) is -0.394. The lowest BCUT2D eigenvalue weighted by molar-refractivity contribution is -0.140. The summed E-state index contributed by atoms with van der Waals surface area (Å²) in [6.07, 6.45) is 0.935. The number of amides is 2. The number of hydrogen-bond acceptors (Lipinski definition) is 2. The van der Waals surface area contributed by atoms with E-state index in [1.54, 1.807) is 43.3 Å². The van der Waals surface area contributed by atoms with E-state index in [2.05, 4.69) is 5.32 Å². The van der Waals surface area contributed by atoms with E-state index >= 15 is 0 Å². The van der Waals surface area contributed by atoms with E-state index in [4.69, 9.17) is 34.8 Å². The van der Waals surface area contributed by atoms with Gasteiger partial charge in [0.2, 0.25) is 11.8 Å². The van der Waals surface area contributed by atoms with Crippen LogP contribution in [0.4, 0.5) is 0 Å². The van der Waals surface area contributed by atoms with Gasteiger partial charge in [0, 0.05) is 27.7 Å². The van der Waals surface area contributed by atoms with Gasteiger partial charge in [0.15, 0.2) is 0 Å². The summed E-state index contributed by atoms with van der Waals surface area (Å²) >= 11 is 18.3. The van der Waals surface area contributed by atoms with Gasteiger partial charge in [0.05, 0.1) is 6.42 Å². The lowest BCUT2D eigenvalue weighted by atomic mass is 10.1. The molecule has 7 heteroatoms. The molecule has 0 aliphatic carbocycles. The van der Waals surface area contributed by atoms with Gasteiger partial charge in [-0.3, -0.25) is 9.59 Å². The molecule has 2 atom stereocenters. The van der Waals surface area contributed by atoms with Crippen LogP contribution in [0.15, 0.2) is 42.5 Å². The molecule has 0 bridgehead atoms. The molecule has 0 heterocycles. The van der Waals surface area contributed by atoms with Crippen LogP contribution < -0.4 is 5.32 Å². The first-order valence-electron chi connectivity index (χ1n) is 9.49. The molecule has 29 heavy (non-hydrogen) atoms. The minimum absolute atomic E-state index is 0.0222. The molecule has 0 aliphatic rings. The zero-order valence-corrected chi connectivity index (χ0v) is 19.0. The molecule has 156 valence electrons. The molecule has 0 radical (unpaired) electrons. The van der Waals surface area contributed by atoms with E-state index < -0.39 is 6.04 Å². The number of benzene rings is 2. The lowest BCUT2D eigenvalue weighted by Gasteiger charge is -2.30. The number of nitrogens with one attached hydrogen (secondary N) is 1. The fourth-order valence-electron chi connectivity index (χ4n) is 2.80. The fraction of sp³-hybridized carbons (Fsp3) is 0.364. The van der Waals surface area contributed by atoms with Crippen molar-refractivity contribution in [3.05, 3.63) is 68.7 Å². The zero-order chi connectivity index (χ0) is 21.6. The van der Waals surface area contributed by atoms with Crippen molar-refractivity contribution in [1.29, 1.82) is 0 Å². The monoisotopic (exact) mass is 454 g/mol. The van der Waals surface area contributed by atoms with Crippen molar-refractivity contribution in [2.24, 2.45) is 0 Å². The van der Waals surface area contributed by atoms with E-state index in [0.29, 0.717) is 15.1 Å². The van der Waals surface area contributed by atoms with Gasteiger partial charge >= 0.3 is 0 Å². The minimum atomic E-state index is -0.664. The molecule has 0 saturated heterocycles. The van der Waals surface area contributed by atoms with Gasteiger partial charge in [-0.05, 0) is 55.7 Å². The Morgan fingerprint density at radius 1 is 1.03 bits per heavy atom. The molecular weight excluding hydrogens is 431 g/mol. The van der Waals surface area contributed by atoms with Gasteiger partial charge in [0.1, 0.15) is 6.04 Å². The van der Waals surface area contributed by atoms with Crippen LogP contribution in [0.3, 0.4) is 0 Å². The molecule has 2 aromatic rings. The molecule has 1 N–H and O–H groups in total. The third-order valence-electron chi connectivity index (χ3n) is 4.77. The Labute approximate surface area is 187 Å². The van der Waals surface area contributed by atoms with Crippen molar-refractivity contribution in [3.63, 3.8) is 0 Å². The maximum Gasteiger partial charge on any atom is 0.242 e. The Balaban J connectivity index is 2.27. The van der Waals surface area contributed by atoms with Crippen LogP contribution in [0, 0.1) is 0 Å². The predicted octanol–water partition coefficient (Wildman–Crippen LogP) is 5.52.